The van der Waals surface area contributed by atoms with Gasteiger partial charge in [-0.3, -0.25) is 0 Å². The topological polar surface area (TPSA) is 43.2 Å². The van der Waals surface area contributed by atoms with Crippen LogP contribution in [-0.4, -0.2) is 31.2 Å². The van der Waals surface area contributed by atoms with Gasteiger partial charge in [-0.25, -0.2) is 4.98 Å². The number of pyridine rings is 1. The SMILES string of the molecule is Cc1ccc(N2CCN(c3ccc(Cl)cc3)CC2)nc1C#N. The van der Waals surface area contributed by atoms with E-state index in [1.54, 1.807) is 0 Å². The van der Waals surface area contributed by atoms with Crippen molar-refractivity contribution in [1.29, 1.82) is 5.26 Å². The molecule has 1 saturated heterocycles. The highest BCUT2D eigenvalue weighted by molar-refractivity contribution is 6.30. The van der Waals surface area contributed by atoms with Crippen LogP contribution in [0, 0.1) is 18.3 Å². The van der Waals surface area contributed by atoms with E-state index < -0.39 is 0 Å². The summed E-state index contributed by atoms with van der Waals surface area (Å²) in [6.07, 6.45) is 0. The summed E-state index contributed by atoms with van der Waals surface area (Å²) < 4.78 is 0. The van der Waals surface area contributed by atoms with Crippen LogP contribution in [0.15, 0.2) is 36.4 Å². The highest BCUT2D eigenvalue weighted by atomic mass is 35.5. The lowest BCUT2D eigenvalue weighted by molar-refractivity contribution is 0.647. The van der Waals surface area contributed by atoms with Crippen molar-refractivity contribution < 1.29 is 0 Å². The van der Waals surface area contributed by atoms with Crippen molar-refractivity contribution in [3.63, 3.8) is 0 Å². The Hall–Kier alpha value is -2.25. The molecule has 112 valence electrons. The van der Waals surface area contributed by atoms with Crippen LogP contribution in [0.25, 0.3) is 0 Å². The van der Waals surface area contributed by atoms with Gasteiger partial charge in [-0.05, 0) is 42.8 Å². The van der Waals surface area contributed by atoms with E-state index in [0.29, 0.717) is 5.69 Å². The maximum absolute atomic E-state index is 9.10. The van der Waals surface area contributed by atoms with Crippen LogP contribution < -0.4 is 9.80 Å². The zero-order valence-corrected chi connectivity index (χ0v) is 13.2. The lowest BCUT2D eigenvalue weighted by atomic mass is 10.2. The first kappa shape index (κ1) is 14.7. The number of halogens is 1. The van der Waals surface area contributed by atoms with Crippen molar-refractivity contribution in [1.82, 2.24) is 4.98 Å². The van der Waals surface area contributed by atoms with E-state index in [4.69, 9.17) is 16.9 Å². The molecule has 0 N–H and O–H groups in total. The first-order valence-electron chi connectivity index (χ1n) is 7.30. The summed E-state index contributed by atoms with van der Waals surface area (Å²) in [5, 5.41) is 9.86. The Bertz CT molecular complexity index is 698. The molecule has 1 fully saturated rings. The van der Waals surface area contributed by atoms with Crippen LogP contribution >= 0.6 is 11.6 Å². The molecule has 0 spiro atoms. The van der Waals surface area contributed by atoms with Gasteiger partial charge in [-0.2, -0.15) is 5.26 Å². The average Bonchev–Trinajstić information content (AvgIpc) is 2.56. The van der Waals surface area contributed by atoms with E-state index in [9.17, 15) is 0 Å². The number of aryl methyl sites for hydroxylation is 1. The molecular weight excluding hydrogens is 296 g/mol. The number of aromatic nitrogens is 1. The fourth-order valence-corrected chi connectivity index (χ4v) is 2.78. The minimum absolute atomic E-state index is 0.512. The Morgan fingerprint density at radius 3 is 2.27 bits per heavy atom. The number of anilines is 2. The van der Waals surface area contributed by atoms with E-state index in [1.807, 2.05) is 31.2 Å². The number of piperazine rings is 1. The fraction of sp³-hybridized carbons (Fsp3) is 0.294. The van der Waals surface area contributed by atoms with Gasteiger partial charge in [0.2, 0.25) is 0 Å². The molecule has 1 aromatic heterocycles. The van der Waals surface area contributed by atoms with E-state index in [1.165, 1.54) is 5.69 Å². The Balaban J connectivity index is 1.69. The van der Waals surface area contributed by atoms with Crippen LogP contribution in [0.4, 0.5) is 11.5 Å². The predicted octanol–water partition coefficient (Wildman–Crippen LogP) is 3.24. The summed E-state index contributed by atoms with van der Waals surface area (Å²) in [6.45, 7) is 5.55. The van der Waals surface area contributed by atoms with Crippen molar-refractivity contribution in [2.75, 3.05) is 36.0 Å². The van der Waals surface area contributed by atoms with Gasteiger partial charge in [-0.15, -0.1) is 0 Å². The molecule has 1 aromatic carbocycles. The van der Waals surface area contributed by atoms with Gasteiger partial charge < -0.3 is 9.80 Å². The molecule has 3 rings (SSSR count). The molecule has 0 amide bonds. The van der Waals surface area contributed by atoms with E-state index >= 15 is 0 Å². The largest absolute Gasteiger partial charge is 0.368 e. The third-order valence-corrected chi connectivity index (χ3v) is 4.24. The third-order valence-electron chi connectivity index (χ3n) is 3.98. The van der Waals surface area contributed by atoms with Crippen LogP contribution in [0.3, 0.4) is 0 Å². The molecule has 0 radical (unpaired) electrons. The highest BCUT2D eigenvalue weighted by Gasteiger charge is 2.18. The molecular formula is C17H17ClN4. The summed E-state index contributed by atoms with van der Waals surface area (Å²) in [5.41, 5.74) is 2.63. The first-order valence-corrected chi connectivity index (χ1v) is 7.68. The second-order valence-electron chi connectivity index (χ2n) is 5.40. The van der Waals surface area contributed by atoms with E-state index in [2.05, 4.69) is 33.0 Å². The number of nitrogens with zero attached hydrogens (tertiary/aromatic N) is 4. The van der Waals surface area contributed by atoms with Crippen molar-refractivity contribution in [2.45, 2.75) is 6.92 Å². The van der Waals surface area contributed by atoms with Gasteiger partial charge in [0.25, 0.3) is 0 Å². The summed E-state index contributed by atoms with van der Waals surface area (Å²) in [6, 6.07) is 14.1. The molecule has 2 heterocycles. The Morgan fingerprint density at radius 1 is 1.00 bits per heavy atom. The van der Waals surface area contributed by atoms with Gasteiger partial charge in [-0.1, -0.05) is 17.7 Å². The van der Waals surface area contributed by atoms with Gasteiger partial charge in [0, 0.05) is 36.9 Å². The van der Waals surface area contributed by atoms with Crippen LogP contribution in [0.5, 0.6) is 0 Å². The standard InChI is InChI=1S/C17H17ClN4/c1-13-2-7-17(20-16(13)12-19)22-10-8-21(9-11-22)15-5-3-14(18)4-6-15/h2-7H,8-11H2,1H3. The first-order chi connectivity index (χ1) is 10.7. The van der Waals surface area contributed by atoms with Crippen molar-refractivity contribution in [2.24, 2.45) is 0 Å². The number of nitriles is 1. The highest BCUT2D eigenvalue weighted by Crippen LogP contribution is 2.21. The fourth-order valence-electron chi connectivity index (χ4n) is 2.65. The smallest absolute Gasteiger partial charge is 0.145 e. The molecule has 0 aliphatic carbocycles. The lowest BCUT2D eigenvalue weighted by Crippen LogP contribution is -2.46. The molecule has 22 heavy (non-hydrogen) atoms. The molecule has 4 nitrogen and oxygen atoms in total. The quantitative estimate of drug-likeness (QED) is 0.854. The van der Waals surface area contributed by atoms with Crippen LogP contribution in [0.2, 0.25) is 5.02 Å². The molecule has 0 atom stereocenters. The maximum Gasteiger partial charge on any atom is 0.145 e. The molecule has 0 saturated carbocycles. The summed E-state index contributed by atoms with van der Waals surface area (Å²) in [5.74, 6) is 0.887. The number of hydrogen-bond acceptors (Lipinski definition) is 4. The molecule has 0 unspecified atom stereocenters. The lowest BCUT2D eigenvalue weighted by Gasteiger charge is -2.36. The zero-order chi connectivity index (χ0) is 15.5. The minimum atomic E-state index is 0.512. The van der Waals surface area contributed by atoms with Crippen LogP contribution in [-0.2, 0) is 0 Å². The Kier molecular flexibility index (Phi) is 4.17. The minimum Gasteiger partial charge on any atom is -0.368 e. The molecule has 1 aliphatic rings. The third kappa shape index (κ3) is 3.00. The van der Waals surface area contributed by atoms with Gasteiger partial charge in [0.05, 0.1) is 0 Å². The number of hydrogen-bond donors (Lipinski definition) is 0. The number of rotatable bonds is 2. The average molecular weight is 313 g/mol. The van der Waals surface area contributed by atoms with Crippen molar-refractivity contribution >= 4 is 23.1 Å². The number of benzene rings is 1. The normalized spacial score (nSPS) is 14.8. The van der Waals surface area contributed by atoms with E-state index in [0.717, 1.165) is 42.6 Å². The van der Waals surface area contributed by atoms with Gasteiger partial charge in [0.1, 0.15) is 17.6 Å². The summed E-state index contributed by atoms with van der Waals surface area (Å²) >= 11 is 5.93. The monoisotopic (exact) mass is 312 g/mol. The van der Waals surface area contributed by atoms with Gasteiger partial charge in [0.15, 0.2) is 0 Å². The van der Waals surface area contributed by atoms with E-state index in [-0.39, 0.29) is 0 Å². The van der Waals surface area contributed by atoms with Gasteiger partial charge >= 0.3 is 0 Å². The Morgan fingerprint density at radius 2 is 1.64 bits per heavy atom. The van der Waals surface area contributed by atoms with Crippen molar-refractivity contribution in [3.8, 4) is 6.07 Å². The zero-order valence-electron chi connectivity index (χ0n) is 12.5. The predicted molar refractivity (Wildman–Crippen MR) is 89.6 cm³/mol. The second kappa shape index (κ2) is 6.25. The van der Waals surface area contributed by atoms with Crippen LogP contribution in [0.1, 0.15) is 11.3 Å². The van der Waals surface area contributed by atoms with Crippen molar-refractivity contribution in [3.05, 3.63) is 52.7 Å². The molecule has 0 bridgehead atoms. The molecule has 2 aromatic rings. The summed E-state index contributed by atoms with van der Waals surface area (Å²) in [7, 11) is 0. The molecule has 5 heteroatoms. The maximum atomic E-state index is 9.10. The summed E-state index contributed by atoms with van der Waals surface area (Å²) in [4.78, 5) is 9.02. The second-order valence-corrected chi connectivity index (χ2v) is 5.83. The molecule has 1 aliphatic heterocycles. The Labute approximate surface area is 135 Å².